The molecule has 2 aliphatic carbocycles. The van der Waals surface area contributed by atoms with Gasteiger partial charge in [0.05, 0.1) is 6.42 Å². The van der Waals surface area contributed by atoms with Crippen molar-refractivity contribution in [3.8, 4) is 0 Å². The predicted octanol–water partition coefficient (Wildman–Crippen LogP) is 4.52. The van der Waals surface area contributed by atoms with E-state index in [0.717, 1.165) is 44.9 Å². The second-order valence-electron chi connectivity index (χ2n) is 11.5. The summed E-state index contributed by atoms with van der Waals surface area (Å²) in [6, 6.07) is 0. The molecule has 6 rings (SSSR count). The molecule has 196 valence electrons. The van der Waals surface area contributed by atoms with Crippen LogP contribution in [0.1, 0.15) is 91.4 Å². The van der Waals surface area contributed by atoms with Crippen molar-refractivity contribution >= 4 is 11.9 Å². The van der Waals surface area contributed by atoms with E-state index in [9.17, 15) is 9.59 Å². The number of rotatable bonds is 7. The maximum absolute atomic E-state index is 12.7. The van der Waals surface area contributed by atoms with Gasteiger partial charge >= 0.3 is 5.97 Å². The second kappa shape index (κ2) is 10.1. The van der Waals surface area contributed by atoms with Gasteiger partial charge in [-0.05, 0) is 70.1 Å². The third-order valence-corrected chi connectivity index (χ3v) is 9.05. The molecule has 4 aliphatic heterocycles. The van der Waals surface area contributed by atoms with Crippen LogP contribution in [0.15, 0.2) is 11.6 Å². The Labute approximate surface area is 208 Å². The van der Waals surface area contributed by atoms with E-state index < -0.39 is 29.9 Å². The van der Waals surface area contributed by atoms with Crippen LogP contribution < -0.4 is 5.32 Å². The Balaban J connectivity index is 1.15. The average Bonchev–Trinajstić information content (AvgIpc) is 3.07. The van der Waals surface area contributed by atoms with Crippen molar-refractivity contribution in [1.29, 1.82) is 0 Å². The van der Waals surface area contributed by atoms with Crippen LogP contribution in [-0.4, -0.2) is 42.4 Å². The Hall–Kier alpha value is -1.48. The monoisotopic (exact) mass is 491 g/mol. The molecule has 2 unspecified atom stereocenters. The summed E-state index contributed by atoms with van der Waals surface area (Å²) in [6.45, 7) is 6.81. The van der Waals surface area contributed by atoms with Gasteiger partial charge in [0.15, 0.2) is 11.9 Å². The molecule has 8 nitrogen and oxygen atoms in total. The minimum atomic E-state index is -0.863. The fraction of sp³-hybridized carbons (Fsp3) is 0.852. The van der Waals surface area contributed by atoms with Crippen LogP contribution in [0, 0.1) is 23.7 Å². The first-order valence-corrected chi connectivity index (χ1v) is 13.6. The van der Waals surface area contributed by atoms with Crippen LogP contribution in [-0.2, 0) is 33.6 Å². The largest absolute Gasteiger partial charge is 0.435 e. The maximum Gasteiger partial charge on any atom is 0.308 e. The Morgan fingerprint density at radius 2 is 1.97 bits per heavy atom. The lowest BCUT2D eigenvalue weighted by molar-refractivity contribution is -0.576. The highest BCUT2D eigenvalue weighted by atomic mass is 17.3. The van der Waals surface area contributed by atoms with E-state index in [-0.39, 0.29) is 36.5 Å². The summed E-state index contributed by atoms with van der Waals surface area (Å²) in [5.74, 6) is -0.643. The molecule has 1 saturated carbocycles. The number of hydrogen-bond donors (Lipinski definition) is 1. The standard InChI is InChI=1S/C27H41NO7/c1-17-9-10-21-18(2)24(32-25-27(21)20(17)13-15-26(3,33-25)34-35-27)31-23(30)12-11-22(29)28-16-14-19-7-5-4-6-8-19/h7,17-18,20-21,24-25H,4-6,8-16H2,1-3H3,(H,28,29)/t17-,18-,20+,21+,24-,25-,26?,27?/m1/s1. The molecule has 8 atom stereocenters. The van der Waals surface area contributed by atoms with E-state index in [4.69, 9.17) is 24.0 Å². The summed E-state index contributed by atoms with van der Waals surface area (Å²) in [5.41, 5.74) is 0.748. The van der Waals surface area contributed by atoms with Crippen LogP contribution in [0.2, 0.25) is 0 Å². The molecular weight excluding hydrogens is 450 g/mol. The van der Waals surface area contributed by atoms with E-state index in [0.29, 0.717) is 12.5 Å². The number of allylic oxidation sites excluding steroid dienone is 1. The molecule has 0 aromatic carbocycles. The molecule has 2 bridgehead atoms. The number of fused-ring (bicyclic) bond motifs is 2. The van der Waals surface area contributed by atoms with Gasteiger partial charge in [-0.1, -0.05) is 25.5 Å². The Bertz CT molecular complexity index is 845. The zero-order valence-corrected chi connectivity index (χ0v) is 21.4. The molecule has 4 saturated heterocycles. The molecule has 0 aromatic rings. The number of carbonyl (C=O) groups excluding carboxylic acids is 2. The van der Waals surface area contributed by atoms with Gasteiger partial charge in [-0.3, -0.25) is 9.59 Å². The van der Waals surface area contributed by atoms with Gasteiger partial charge in [0.2, 0.25) is 18.0 Å². The minimum absolute atomic E-state index is 0.0272. The van der Waals surface area contributed by atoms with Gasteiger partial charge < -0.3 is 19.5 Å². The molecule has 1 N–H and O–H groups in total. The summed E-state index contributed by atoms with van der Waals surface area (Å²) in [6.07, 6.45) is 10.4. The van der Waals surface area contributed by atoms with Gasteiger partial charge in [0, 0.05) is 31.2 Å². The van der Waals surface area contributed by atoms with E-state index in [1.807, 2.05) is 6.92 Å². The van der Waals surface area contributed by atoms with Gasteiger partial charge in [-0.15, -0.1) is 0 Å². The molecule has 8 heteroatoms. The van der Waals surface area contributed by atoms with Crippen LogP contribution in [0.5, 0.6) is 0 Å². The molecule has 1 spiro atoms. The van der Waals surface area contributed by atoms with Gasteiger partial charge in [-0.25, -0.2) is 9.78 Å². The van der Waals surface area contributed by atoms with Crippen molar-refractivity contribution < 1.29 is 33.6 Å². The molecule has 5 fully saturated rings. The van der Waals surface area contributed by atoms with Crippen LogP contribution >= 0.6 is 0 Å². The zero-order chi connectivity index (χ0) is 24.6. The first-order chi connectivity index (χ1) is 16.8. The smallest absolute Gasteiger partial charge is 0.308 e. The minimum Gasteiger partial charge on any atom is -0.435 e. The van der Waals surface area contributed by atoms with E-state index in [1.165, 1.54) is 18.4 Å². The third-order valence-electron chi connectivity index (χ3n) is 9.05. The number of hydrogen-bond acceptors (Lipinski definition) is 7. The SMILES string of the molecule is C[C@H]1[C@H](OC(=O)CCC(=O)NCCC2=CCCCC2)O[C@@H]2OC3(C)CC[C@H]4[C@H](C)CC[C@@H]1C24OO3. The van der Waals surface area contributed by atoms with Crippen molar-refractivity contribution in [3.63, 3.8) is 0 Å². The number of nitrogens with one attached hydrogen (secondary N) is 1. The highest BCUT2D eigenvalue weighted by molar-refractivity contribution is 5.81. The quantitative estimate of drug-likeness (QED) is 0.318. The van der Waals surface area contributed by atoms with Crippen molar-refractivity contribution in [2.24, 2.45) is 23.7 Å². The fourth-order valence-corrected chi connectivity index (χ4v) is 6.99. The zero-order valence-electron chi connectivity index (χ0n) is 21.4. The predicted molar refractivity (Wildman–Crippen MR) is 126 cm³/mol. The van der Waals surface area contributed by atoms with Crippen molar-refractivity contribution in [2.45, 2.75) is 115 Å². The summed E-state index contributed by atoms with van der Waals surface area (Å²) < 4.78 is 18.4. The summed E-state index contributed by atoms with van der Waals surface area (Å²) >= 11 is 0. The summed E-state index contributed by atoms with van der Waals surface area (Å²) in [7, 11) is 0. The maximum atomic E-state index is 12.7. The van der Waals surface area contributed by atoms with E-state index in [2.05, 4.69) is 25.2 Å². The Morgan fingerprint density at radius 1 is 1.11 bits per heavy atom. The molecule has 1 amide bonds. The van der Waals surface area contributed by atoms with Crippen molar-refractivity contribution in [1.82, 2.24) is 5.32 Å². The van der Waals surface area contributed by atoms with Crippen molar-refractivity contribution in [2.75, 3.05) is 6.54 Å². The highest BCUT2D eigenvalue weighted by Crippen LogP contribution is 2.60. The highest BCUT2D eigenvalue weighted by Gasteiger charge is 2.69. The first-order valence-electron chi connectivity index (χ1n) is 13.6. The lowest BCUT2D eigenvalue weighted by Gasteiger charge is -2.59. The topological polar surface area (TPSA) is 92.3 Å². The Kier molecular flexibility index (Phi) is 7.28. The van der Waals surface area contributed by atoms with Crippen molar-refractivity contribution in [3.05, 3.63) is 11.6 Å². The molecule has 35 heavy (non-hydrogen) atoms. The molecule has 4 heterocycles. The lowest BCUT2D eigenvalue weighted by Crippen LogP contribution is -2.70. The summed E-state index contributed by atoms with van der Waals surface area (Å²) in [4.78, 5) is 36.9. The van der Waals surface area contributed by atoms with E-state index in [1.54, 1.807) is 0 Å². The van der Waals surface area contributed by atoms with Gasteiger partial charge in [0.25, 0.3) is 0 Å². The normalized spacial score (nSPS) is 42.4. The lowest BCUT2D eigenvalue weighted by atomic mass is 9.58. The van der Waals surface area contributed by atoms with E-state index >= 15 is 0 Å². The number of carbonyl (C=O) groups is 2. The number of esters is 1. The number of amides is 1. The molecule has 0 radical (unpaired) electrons. The average molecular weight is 492 g/mol. The summed E-state index contributed by atoms with van der Waals surface area (Å²) in [5, 5.41) is 2.93. The third kappa shape index (κ3) is 4.91. The van der Waals surface area contributed by atoms with Crippen LogP contribution in [0.4, 0.5) is 0 Å². The first kappa shape index (κ1) is 25.2. The number of ether oxygens (including phenoxy) is 3. The fourth-order valence-electron chi connectivity index (χ4n) is 6.99. The molecule has 6 aliphatic rings. The molecular formula is C27H41NO7. The molecule has 0 aromatic heterocycles. The van der Waals surface area contributed by atoms with Gasteiger partial charge in [-0.2, -0.15) is 0 Å². The second-order valence-corrected chi connectivity index (χ2v) is 11.5. The van der Waals surface area contributed by atoms with Crippen LogP contribution in [0.3, 0.4) is 0 Å². The Morgan fingerprint density at radius 3 is 2.77 bits per heavy atom. The van der Waals surface area contributed by atoms with Gasteiger partial charge in [0.1, 0.15) is 0 Å². The van der Waals surface area contributed by atoms with Crippen LogP contribution in [0.25, 0.3) is 0 Å².